The zero-order valence-corrected chi connectivity index (χ0v) is 11.0. The fraction of sp³-hybridized carbons (Fsp3) is 0.167. The summed E-state index contributed by atoms with van der Waals surface area (Å²) in [5, 5.41) is 2.02. The lowest BCUT2D eigenvalue weighted by molar-refractivity contribution is 0.587. The van der Waals surface area contributed by atoms with Gasteiger partial charge in [-0.3, -0.25) is 0 Å². The summed E-state index contributed by atoms with van der Waals surface area (Å²) in [6, 6.07) is 11.9. The van der Waals surface area contributed by atoms with Crippen LogP contribution in [0.2, 0.25) is 0 Å². The van der Waals surface area contributed by atoms with E-state index in [1.807, 2.05) is 41.8 Å². The SMILES string of the molecule is CS(=O)(=O)NCc1cccc(-c2cccs2)c1. The molecule has 0 atom stereocenters. The van der Waals surface area contributed by atoms with Crippen molar-refractivity contribution in [1.82, 2.24) is 4.72 Å². The molecule has 0 fully saturated rings. The molecule has 1 N–H and O–H groups in total. The normalized spacial score (nSPS) is 11.6. The summed E-state index contributed by atoms with van der Waals surface area (Å²) in [6.45, 7) is 0.331. The summed E-state index contributed by atoms with van der Waals surface area (Å²) in [4.78, 5) is 1.19. The molecule has 0 aliphatic rings. The lowest BCUT2D eigenvalue weighted by Gasteiger charge is -2.04. The van der Waals surface area contributed by atoms with Crippen molar-refractivity contribution in [3.63, 3.8) is 0 Å². The van der Waals surface area contributed by atoms with Crippen LogP contribution in [0.15, 0.2) is 41.8 Å². The van der Waals surface area contributed by atoms with Gasteiger partial charge in [0.15, 0.2) is 0 Å². The Kier molecular flexibility index (Phi) is 3.61. The highest BCUT2D eigenvalue weighted by Crippen LogP contribution is 2.25. The fourth-order valence-electron chi connectivity index (χ4n) is 1.49. The van der Waals surface area contributed by atoms with E-state index in [4.69, 9.17) is 0 Å². The van der Waals surface area contributed by atoms with Crippen molar-refractivity contribution in [3.8, 4) is 10.4 Å². The molecule has 17 heavy (non-hydrogen) atoms. The van der Waals surface area contributed by atoms with E-state index in [1.54, 1.807) is 11.3 Å². The van der Waals surface area contributed by atoms with Gasteiger partial charge < -0.3 is 0 Å². The van der Waals surface area contributed by atoms with Crippen molar-refractivity contribution < 1.29 is 8.42 Å². The maximum absolute atomic E-state index is 11.0. The fourth-order valence-corrected chi connectivity index (χ4v) is 2.64. The topological polar surface area (TPSA) is 46.2 Å². The van der Waals surface area contributed by atoms with Gasteiger partial charge in [-0.15, -0.1) is 11.3 Å². The molecule has 1 heterocycles. The van der Waals surface area contributed by atoms with Crippen molar-refractivity contribution >= 4 is 21.4 Å². The first kappa shape index (κ1) is 12.3. The first-order valence-corrected chi connectivity index (χ1v) is 7.89. The number of hydrogen-bond donors (Lipinski definition) is 1. The second-order valence-electron chi connectivity index (χ2n) is 3.77. The third kappa shape index (κ3) is 3.66. The average molecular weight is 267 g/mol. The second-order valence-corrected chi connectivity index (χ2v) is 6.55. The number of rotatable bonds is 4. The molecule has 0 amide bonds. The molecule has 0 unspecified atom stereocenters. The van der Waals surface area contributed by atoms with Crippen molar-refractivity contribution in [1.29, 1.82) is 0 Å². The monoisotopic (exact) mass is 267 g/mol. The van der Waals surface area contributed by atoms with Crippen LogP contribution in [0.5, 0.6) is 0 Å². The van der Waals surface area contributed by atoms with Gasteiger partial charge in [0.05, 0.1) is 6.26 Å². The molecule has 0 aliphatic heterocycles. The van der Waals surface area contributed by atoms with Crippen LogP contribution in [0.25, 0.3) is 10.4 Å². The summed E-state index contributed by atoms with van der Waals surface area (Å²) in [6.07, 6.45) is 1.16. The second kappa shape index (κ2) is 5.00. The molecule has 0 saturated heterocycles. The highest BCUT2D eigenvalue weighted by molar-refractivity contribution is 7.88. The van der Waals surface area contributed by atoms with Crippen molar-refractivity contribution in [2.45, 2.75) is 6.54 Å². The maximum Gasteiger partial charge on any atom is 0.209 e. The lowest BCUT2D eigenvalue weighted by Crippen LogP contribution is -2.21. The van der Waals surface area contributed by atoms with E-state index in [1.165, 1.54) is 4.88 Å². The van der Waals surface area contributed by atoms with Crippen molar-refractivity contribution in [2.24, 2.45) is 0 Å². The molecule has 0 spiro atoms. The zero-order chi connectivity index (χ0) is 12.3. The van der Waals surface area contributed by atoms with Crippen LogP contribution in [0, 0.1) is 0 Å². The largest absolute Gasteiger partial charge is 0.213 e. The van der Waals surface area contributed by atoms with Gasteiger partial charge in [0, 0.05) is 11.4 Å². The van der Waals surface area contributed by atoms with Crippen LogP contribution in [-0.4, -0.2) is 14.7 Å². The Morgan fingerprint density at radius 3 is 2.71 bits per heavy atom. The van der Waals surface area contributed by atoms with E-state index in [-0.39, 0.29) is 0 Å². The van der Waals surface area contributed by atoms with Crippen LogP contribution in [0.4, 0.5) is 0 Å². The van der Waals surface area contributed by atoms with Gasteiger partial charge in [-0.2, -0.15) is 0 Å². The maximum atomic E-state index is 11.0. The van der Waals surface area contributed by atoms with Gasteiger partial charge in [-0.05, 0) is 28.6 Å². The van der Waals surface area contributed by atoms with Gasteiger partial charge in [-0.1, -0.05) is 24.3 Å². The molecule has 2 rings (SSSR count). The third-order valence-corrected chi connectivity index (χ3v) is 3.86. The van der Waals surface area contributed by atoms with Crippen LogP contribution in [-0.2, 0) is 16.6 Å². The quantitative estimate of drug-likeness (QED) is 0.925. The third-order valence-electron chi connectivity index (χ3n) is 2.27. The van der Waals surface area contributed by atoms with Gasteiger partial charge >= 0.3 is 0 Å². The summed E-state index contributed by atoms with van der Waals surface area (Å²) in [7, 11) is -3.14. The highest BCUT2D eigenvalue weighted by atomic mass is 32.2. The number of benzene rings is 1. The summed E-state index contributed by atoms with van der Waals surface area (Å²) < 4.78 is 24.5. The van der Waals surface area contributed by atoms with Crippen molar-refractivity contribution in [2.75, 3.05) is 6.26 Å². The van der Waals surface area contributed by atoms with Gasteiger partial charge in [-0.25, -0.2) is 13.1 Å². The van der Waals surface area contributed by atoms with E-state index in [0.29, 0.717) is 6.54 Å². The average Bonchev–Trinajstić information content (AvgIpc) is 2.79. The number of sulfonamides is 1. The summed E-state index contributed by atoms with van der Waals surface area (Å²) in [5.41, 5.74) is 2.08. The Balaban J connectivity index is 2.18. The number of nitrogens with one attached hydrogen (secondary N) is 1. The Bertz CT molecular complexity index is 589. The van der Waals surface area contributed by atoms with Gasteiger partial charge in [0.2, 0.25) is 10.0 Å². The molecule has 1 aromatic carbocycles. The minimum absolute atomic E-state index is 0.331. The zero-order valence-electron chi connectivity index (χ0n) is 9.38. The van der Waals surface area contributed by atoms with E-state index in [2.05, 4.69) is 4.72 Å². The predicted molar refractivity (Wildman–Crippen MR) is 71.4 cm³/mol. The van der Waals surface area contributed by atoms with E-state index in [9.17, 15) is 8.42 Å². The van der Waals surface area contributed by atoms with Crippen LogP contribution < -0.4 is 4.72 Å². The molecule has 90 valence electrons. The summed E-state index contributed by atoms with van der Waals surface area (Å²) >= 11 is 1.67. The van der Waals surface area contributed by atoms with Gasteiger partial charge in [0.25, 0.3) is 0 Å². The Morgan fingerprint density at radius 2 is 2.06 bits per heavy atom. The molecular weight excluding hydrogens is 254 g/mol. The molecule has 2 aromatic rings. The molecular formula is C12H13NO2S2. The number of hydrogen-bond acceptors (Lipinski definition) is 3. The van der Waals surface area contributed by atoms with E-state index < -0.39 is 10.0 Å². The molecule has 5 heteroatoms. The first-order valence-electron chi connectivity index (χ1n) is 5.12. The highest BCUT2D eigenvalue weighted by Gasteiger charge is 2.03. The first-order chi connectivity index (χ1) is 8.04. The Labute approximate surface area is 105 Å². The van der Waals surface area contributed by atoms with E-state index >= 15 is 0 Å². The lowest BCUT2D eigenvalue weighted by atomic mass is 10.1. The molecule has 1 aromatic heterocycles. The number of thiophene rings is 1. The Hall–Kier alpha value is -1.17. The smallest absolute Gasteiger partial charge is 0.209 e. The predicted octanol–water partition coefficient (Wildman–Crippen LogP) is 2.46. The van der Waals surface area contributed by atoms with Crippen molar-refractivity contribution in [3.05, 3.63) is 47.3 Å². The van der Waals surface area contributed by atoms with E-state index in [0.717, 1.165) is 17.4 Å². The standard InChI is InChI=1S/C12H13NO2S2/c1-17(14,15)13-9-10-4-2-5-11(8-10)12-6-3-7-16-12/h2-8,13H,9H2,1H3. The van der Waals surface area contributed by atoms with Crippen LogP contribution in [0.1, 0.15) is 5.56 Å². The minimum atomic E-state index is -3.14. The molecule has 3 nitrogen and oxygen atoms in total. The molecule has 0 bridgehead atoms. The molecule has 0 radical (unpaired) electrons. The minimum Gasteiger partial charge on any atom is -0.213 e. The molecule has 0 aliphatic carbocycles. The van der Waals surface area contributed by atoms with Gasteiger partial charge in [0.1, 0.15) is 0 Å². The summed E-state index contributed by atoms with van der Waals surface area (Å²) in [5.74, 6) is 0. The van der Waals surface area contributed by atoms with Crippen LogP contribution in [0.3, 0.4) is 0 Å². The Morgan fingerprint density at radius 1 is 1.24 bits per heavy atom. The molecule has 0 saturated carbocycles. The van der Waals surface area contributed by atoms with Crippen LogP contribution >= 0.6 is 11.3 Å².